The van der Waals surface area contributed by atoms with Crippen LogP contribution in [0.5, 0.6) is 0 Å². The zero-order valence-electron chi connectivity index (χ0n) is 15.6. The number of amides is 1. The van der Waals surface area contributed by atoms with E-state index in [-0.39, 0.29) is 11.9 Å². The van der Waals surface area contributed by atoms with E-state index >= 15 is 0 Å². The summed E-state index contributed by atoms with van der Waals surface area (Å²) in [5.74, 6) is 0.775. The van der Waals surface area contributed by atoms with Crippen molar-refractivity contribution in [1.82, 2.24) is 24.5 Å². The van der Waals surface area contributed by atoms with Crippen molar-refractivity contribution in [1.29, 1.82) is 0 Å². The van der Waals surface area contributed by atoms with Crippen LogP contribution < -0.4 is 5.32 Å². The summed E-state index contributed by atoms with van der Waals surface area (Å²) in [7, 11) is 0. The first-order chi connectivity index (χ1) is 11.9. The van der Waals surface area contributed by atoms with Crippen LogP contribution in [0.1, 0.15) is 44.1 Å². The molecule has 1 aliphatic rings. The monoisotopic (exact) mass is 344 g/mol. The first kappa shape index (κ1) is 17.7. The van der Waals surface area contributed by atoms with Crippen LogP contribution >= 0.6 is 0 Å². The molecule has 0 saturated carbocycles. The quantitative estimate of drug-likeness (QED) is 0.874. The van der Waals surface area contributed by atoms with Crippen LogP contribution in [0, 0.1) is 13.8 Å². The standard InChI is InChI=1S/C18H28N6O/c1-13(2)24-17(7-8-19-24)20-18(25)12-22-9-5-6-16(22)11-23-15(4)10-14(3)21-23/h7-8,10,13,16H,5-6,9,11-12H2,1-4H3,(H,20,25)/t16-/m0/s1. The average Bonchev–Trinajstić information content (AvgIpc) is 3.22. The molecule has 0 aromatic carbocycles. The predicted octanol–water partition coefficient (Wildman–Crippen LogP) is 2.38. The van der Waals surface area contributed by atoms with Gasteiger partial charge in [0.15, 0.2) is 0 Å². The third-order valence-electron chi connectivity index (χ3n) is 4.76. The van der Waals surface area contributed by atoms with Crippen molar-refractivity contribution in [3.05, 3.63) is 29.7 Å². The number of aryl methyl sites for hydroxylation is 2. The van der Waals surface area contributed by atoms with Gasteiger partial charge in [-0.25, -0.2) is 4.68 Å². The number of anilines is 1. The number of carbonyl (C=O) groups excluding carboxylic acids is 1. The molecule has 1 saturated heterocycles. The van der Waals surface area contributed by atoms with Gasteiger partial charge in [-0.3, -0.25) is 14.4 Å². The molecule has 0 aliphatic carbocycles. The number of likely N-dealkylation sites (tertiary alicyclic amines) is 1. The zero-order valence-corrected chi connectivity index (χ0v) is 15.6. The van der Waals surface area contributed by atoms with E-state index in [2.05, 4.69) is 38.1 Å². The Balaban J connectivity index is 1.60. The molecule has 0 spiro atoms. The minimum absolute atomic E-state index is 0.0164. The van der Waals surface area contributed by atoms with Gasteiger partial charge in [0.25, 0.3) is 0 Å². The van der Waals surface area contributed by atoms with Crippen LogP contribution in [0.3, 0.4) is 0 Å². The summed E-state index contributed by atoms with van der Waals surface area (Å²) in [4.78, 5) is 14.8. The van der Waals surface area contributed by atoms with E-state index in [0.29, 0.717) is 12.6 Å². The smallest absolute Gasteiger partial charge is 0.239 e. The number of carbonyl (C=O) groups is 1. The molecule has 2 aromatic heterocycles. The van der Waals surface area contributed by atoms with E-state index in [1.165, 1.54) is 5.69 Å². The summed E-state index contributed by atoms with van der Waals surface area (Å²) in [6, 6.07) is 4.52. The van der Waals surface area contributed by atoms with Crippen LogP contribution in [0.2, 0.25) is 0 Å². The van der Waals surface area contributed by atoms with Crippen molar-refractivity contribution >= 4 is 11.7 Å². The molecule has 7 nitrogen and oxygen atoms in total. The fourth-order valence-electron chi connectivity index (χ4n) is 3.56. The largest absolute Gasteiger partial charge is 0.310 e. The Labute approximate surface area is 149 Å². The highest BCUT2D eigenvalue weighted by Crippen LogP contribution is 2.20. The summed E-state index contributed by atoms with van der Waals surface area (Å²) in [6.07, 6.45) is 3.95. The Morgan fingerprint density at radius 3 is 2.88 bits per heavy atom. The van der Waals surface area contributed by atoms with Crippen molar-refractivity contribution in [2.75, 3.05) is 18.4 Å². The lowest BCUT2D eigenvalue weighted by Crippen LogP contribution is -2.39. The summed E-state index contributed by atoms with van der Waals surface area (Å²) in [5, 5.41) is 11.8. The van der Waals surface area contributed by atoms with Crippen LogP contribution in [-0.2, 0) is 11.3 Å². The van der Waals surface area contributed by atoms with Crippen LogP contribution in [0.15, 0.2) is 18.3 Å². The Kier molecular flexibility index (Phi) is 5.22. The minimum Gasteiger partial charge on any atom is -0.310 e. The number of aromatic nitrogens is 4. The van der Waals surface area contributed by atoms with E-state index < -0.39 is 0 Å². The van der Waals surface area contributed by atoms with Crippen molar-refractivity contribution < 1.29 is 4.79 Å². The second kappa shape index (κ2) is 7.39. The molecule has 3 heterocycles. The third kappa shape index (κ3) is 4.10. The summed E-state index contributed by atoms with van der Waals surface area (Å²) < 4.78 is 3.89. The fraction of sp³-hybridized carbons (Fsp3) is 0.611. The second-order valence-electron chi connectivity index (χ2n) is 7.18. The Morgan fingerprint density at radius 1 is 1.40 bits per heavy atom. The lowest BCUT2D eigenvalue weighted by atomic mass is 10.2. The molecule has 3 rings (SSSR count). The van der Waals surface area contributed by atoms with Gasteiger partial charge in [-0.05, 0) is 53.1 Å². The van der Waals surface area contributed by atoms with Gasteiger partial charge in [0.1, 0.15) is 5.82 Å². The Morgan fingerprint density at radius 2 is 2.20 bits per heavy atom. The first-order valence-corrected chi connectivity index (χ1v) is 9.02. The zero-order chi connectivity index (χ0) is 18.0. The molecule has 7 heteroatoms. The highest BCUT2D eigenvalue weighted by atomic mass is 16.2. The second-order valence-corrected chi connectivity index (χ2v) is 7.18. The molecule has 1 atom stereocenters. The fourth-order valence-corrected chi connectivity index (χ4v) is 3.56. The lowest BCUT2D eigenvalue weighted by Gasteiger charge is -2.24. The average molecular weight is 344 g/mol. The number of hydrogen-bond donors (Lipinski definition) is 1. The van der Waals surface area contributed by atoms with Crippen molar-refractivity contribution in [3.8, 4) is 0 Å². The van der Waals surface area contributed by atoms with E-state index in [0.717, 1.165) is 37.4 Å². The SMILES string of the molecule is Cc1cc(C)n(C[C@@H]2CCCN2CC(=O)Nc2ccnn2C(C)C)n1. The van der Waals surface area contributed by atoms with Gasteiger partial charge < -0.3 is 5.32 Å². The normalized spacial score (nSPS) is 18.2. The molecule has 1 amide bonds. The van der Waals surface area contributed by atoms with E-state index in [1.807, 2.05) is 31.5 Å². The summed E-state index contributed by atoms with van der Waals surface area (Å²) >= 11 is 0. The molecule has 136 valence electrons. The highest BCUT2D eigenvalue weighted by molar-refractivity contribution is 5.91. The molecule has 1 aliphatic heterocycles. The van der Waals surface area contributed by atoms with E-state index in [4.69, 9.17) is 0 Å². The van der Waals surface area contributed by atoms with Gasteiger partial charge in [-0.2, -0.15) is 10.2 Å². The van der Waals surface area contributed by atoms with Gasteiger partial charge in [-0.15, -0.1) is 0 Å². The number of nitrogens with zero attached hydrogens (tertiary/aromatic N) is 5. The van der Waals surface area contributed by atoms with E-state index in [1.54, 1.807) is 6.20 Å². The Hall–Kier alpha value is -2.15. The highest BCUT2D eigenvalue weighted by Gasteiger charge is 2.27. The molecular weight excluding hydrogens is 316 g/mol. The van der Waals surface area contributed by atoms with E-state index in [9.17, 15) is 4.79 Å². The molecule has 0 bridgehead atoms. The number of rotatable bonds is 6. The minimum atomic E-state index is 0.0164. The maximum Gasteiger partial charge on any atom is 0.239 e. The molecule has 1 N–H and O–H groups in total. The third-order valence-corrected chi connectivity index (χ3v) is 4.76. The molecule has 25 heavy (non-hydrogen) atoms. The maximum atomic E-state index is 12.5. The number of nitrogens with one attached hydrogen (secondary N) is 1. The Bertz CT molecular complexity index is 732. The molecule has 1 fully saturated rings. The van der Waals surface area contributed by atoms with Gasteiger partial charge >= 0.3 is 0 Å². The lowest BCUT2D eigenvalue weighted by molar-refractivity contribution is -0.117. The predicted molar refractivity (Wildman–Crippen MR) is 97.5 cm³/mol. The van der Waals surface area contributed by atoms with Gasteiger partial charge in [0, 0.05) is 23.8 Å². The van der Waals surface area contributed by atoms with Crippen molar-refractivity contribution in [3.63, 3.8) is 0 Å². The molecule has 0 unspecified atom stereocenters. The van der Waals surface area contributed by atoms with Gasteiger partial charge in [0.2, 0.25) is 5.91 Å². The topological polar surface area (TPSA) is 68.0 Å². The van der Waals surface area contributed by atoms with Crippen LogP contribution in [0.4, 0.5) is 5.82 Å². The molecule has 2 aromatic rings. The van der Waals surface area contributed by atoms with Gasteiger partial charge in [-0.1, -0.05) is 0 Å². The maximum absolute atomic E-state index is 12.5. The first-order valence-electron chi connectivity index (χ1n) is 9.02. The van der Waals surface area contributed by atoms with Crippen LogP contribution in [-0.4, -0.2) is 49.5 Å². The molecular formula is C18H28N6O. The summed E-state index contributed by atoms with van der Waals surface area (Å²) in [6.45, 7) is 10.4. The molecule has 0 radical (unpaired) electrons. The van der Waals surface area contributed by atoms with Crippen molar-refractivity contribution in [2.24, 2.45) is 0 Å². The van der Waals surface area contributed by atoms with Crippen molar-refractivity contribution in [2.45, 2.75) is 59.2 Å². The summed E-state index contributed by atoms with van der Waals surface area (Å²) in [5.41, 5.74) is 2.22. The van der Waals surface area contributed by atoms with Gasteiger partial charge in [0.05, 0.1) is 25.0 Å². The van der Waals surface area contributed by atoms with Crippen LogP contribution in [0.25, 0.3) is 0 Å². The number of hydrogen-bond acceptors (Lipinski definition) is 4.